The van der Waals surface area contributed by atoms with Crippen molar-refractivity contribution in [3.63, 3.8) is 0 Å². The van der Waals surface area contributed by atoms with Gasteiger partial charge >= 0.3 is 5.97 Å². The van der Waals surface area contributed by atoms with Gasteiger partial charge in [0.25, 0.3) is 0 Å². The van der Waals surface area contributed by atoms with Gasteiger partial charge in [-0.15, -0.1) is 0 Å². The largest absolute Gasteiger partial charge is 0.451 e. The number of benzene rings is 2. The average molecular weight is 420 g/mol. The van der Waals surface area contributed by atoms with Crippen molar-refractivity contribution in [2.75, 3.05) is 7.11 Å². The number of hydrogen-bond donors (Lipinski definition) is 0. The molecule has 2 aliphatic heterocycles. The summed E-state index contributed by atoms with van der Waals surface area (Å²) in [5, 5.41) is 0. The van der Waals surface area contributed by atoms with Crippen molar-refractivity contribution in [1.29, 1.82) is 0 Å². The first-order chi connectivity index (χ1) is 14.3. The van der Waals surface area contributed by atoms with Gasteiger partial charge in [-0.3, -0.25) is 0 Å². The molecule has 6 nitrogen and oxygen atoms in total. The van der Waals surface area contributed by atoms with Gasteiger partial charge in [0.15, 0.2) is 29.8 Å². The van der Waals surface area contributed by atoms with E-state index in [0.717, 1.165) is 12.1 Å². The van der Waals surface area contributed by atoms with Gasteiger partial charge in [-0.25, -0.2) is 13.6 Å². The Morgan fingerprint density at radius 2 is 1.73 bits per heavy atom. The molecular weight excluding hydrogens is 398 g/mol. The highest BCUT2D eigenvalue weighted by molar-refractivity contribution is 5.89. The number of carbonyl (C=O) groups excluding carboxylic acids is 1. The Morgan fingerprint density at radius 3 is 2.40 bits per heavy atom. The van der Waals surface area contributed by atoms with Crippen LogP contribution in [0.1, 0.15) is 35.9 Å². The molecule has 2 aromatic rings. The Bertz CT molecular complexity index is 919. The molecule has 0 bridgehead atoms. The fraction of sp³-hybridized carbons (Fsp3) is 0.409. The number of rotatable bonds is 5. The zero-order valence-corrected chi connectivity index (χ0v) is 16.7. The third-order valence-corrected chi connectivity index (χ3v) is 5.09. The third-order valence-electron chi connectivity index (χ3n) is 5.09. The lowest BCUT2D eigenvalue weighted by Gasteiger charge is -2.29. The van der Waals surface area contributed by atoms with Gasteiger partial charge in [-0.2, -0.15) is 0 Å². The lowest BCUT2D eigenvalue weighted by molar-refractivity contribution is -0.237. The molecule has 2 heterocycles. The maximum absolute atomic E-state index is 14.0. The molecule has 0 aromatic heterocycles. The molecule has 2 fully saturated rings. The second-order valence-electron chi connectivity index (χ2n) is 7.64. The van der Waals surface area contributed by atoms with E-state index >= 15 is 0 Å². The van der Waals surface area contributed by atoms with Crippen molar-refractivity contribution < 1.29 is 37.3 Å². The summed E-state index contributed by atoms with van der Waals surface area (Å²) in [5.41, 5.74) is 0.541. The van der Waals surface area contributed by atoms with Crippen molar-refractivity contribution in [3.05, 3.63) is 71.3 Å². The molecule has 0 N–H and O–H groups in total. The first-order valence-electron chi connectivity index (χ1n) is 9.54. The van der Waals surface area contributed by atoms with Crippen molar-refractivity contribution in [3.8, 4) is 0 Å². The molecule has 0 amide bonds. The van der Waals surface area contributed by atoms with Gasteiger partial charge in [0.1, 0.15) is 18.3 Å². The monoisotopic (exact) mass is 420 g/mol. The minimum Gasteiger partial charge on any atom is -0.451 e. The Hall–Kier alpha value is -2.39. The van der Waals surface area contributed by atoms with Crippen molar-refractivity contribution in [2.24, 2.45) is 0 Å². The average Bonchev–Trinajstić information content (AvgIpc) is 3.21. The van der Waals surface area contributed by atoms with Crippen LogP contribution in [0, 0.1) is 11.6 Å². The molecule has 4 rings (SSSR count). The number of fused-ring (bicyclic) bond motifs is 1. The maximum atomic E-state index is 14.0. The second kappa shape index (κ2) is 8.03. The summed E-state index contributed by atoms with van der Waals surface area (Å²) in [7, 11) is 1.46. The third kappa shape index (κ3) is 3.96. The highest BCUT2D eigenvalue weighted by atomic mass is 19.2. The van der Waals surface area contributed by atoms with Gasteiger partial charge in [-0.1, -0.05) is 24.3 Å². The van der Waals surface area contributed by atoms with Crippen LogP contribution in [0.2, 0.25) is 0 Å². The Morgan fingerprint density at radius 1 is 1.03 bits per heavy atom. The van der Waals surface area contributed by atoms with Crippen LogP contribution < -0.4 is 0 Å². The molecule has 0 aliphatic carbocycles. The molecular formula is C22H22F2O6. The van der Waals surface area contributed by atoms with Gasteiger partial charge in [0.05, 0.1) is 5.56 Å². The van der Waals surface area contributed by atoms with E-state index in [-0.39, 0.29) is 5.56 Å². The number of methoxy groups -OCH3 is 1. The van der Waals surface area contributed by atoms with E-state index in [9.17, 15) is 13.6 Å². The zero-order valence-electron chi connectivity index (χ0n) is 16.7. The molecule has 5 atom stereocenters. The van der Waals surface area contributed by atoms with Crippen molar-refractivity contribution in [2.45, 2.75) is 50.3 Å². The normalized spacial score (nSPS) is 28.2. The van der Waals surface area contributed by atoms with E-state index in [2.05, 4.69) is 0 Å². The Balaban J connectivity index is 1.69. The predicted molar refractivity (Wildman–Crippen MR) is 100 cm³/mol. The smallest absolute Gasteiger partial charge is 0.338 e. The molecule has 2 aliphatic rings. The van der Waals surface area contributed by atoms with E-state index < -0.39 is 54.1 Å². The predicted octanol–water partition coefficient (Wildman–Crippen LogP) is 3.75. The van der Waals surface area contributed by atoms with Crippen LogP contribution in [-0.4, -0.2) is 43.5 Å². The van der Waals surface area contributed by atoms with Crippen LogP contribution >= 0.6 is 0 Å². The van der Waals surface area contributed by atoms with Crippen LogP contribution in [0.25, 0.3) is 0 Å². The summed E-state index contributed by atoms with van der Waals surface area (Å²) < 4.78 is 56.4. The first-order valence-corrected chi connectivity index (χ1v) is 9.54. The standard InChI is InChI=1S/C22H22F2O6/c1-22(2)29-18-17(28-21(26-3)19(18)30-22)16(13-9-10-14(23)15(24)11-13)27-20(25)12-7-5-4-6-8-12/h4-11,16-19,21H,1-3H3/t16?,17-,18-,19-,21-/m1/s1. The SMILES string of the molecule is CO[C@@H]1O[C@H](C(OC(=O)c2ccccc2)c2ccc(F)c(F)c2)[C@H]2OC(C)(C)O[C@@H]12. The summed E-state index contributed by atoms with van der Waals surface area (Å²) in [5.74, 6) is -3.61. The van der Waals surface area contributed by atoms with E-state index in [4.69, 9.17) is 23.7 Å². The summed E-state index contributed by atoms with van der Waals surface area (Å²) in [4.78, 5) is 12.8. The fourth-order valence-electron chi connectivity index (χ4n) is 3.80. The van der Waals surface area contributed by atoms with Crippen LogP contribution in [0.3, 0.4) is 0 Å². The molecule has 30 heavy (non-hydrogen) atoms. The van der Waals surface area contributed by atoms with Gasteiger partial charge in [0, 0.05) is 7.11 Å². The second-order valence-corrected chi connectivity index (χ2v) is 7.64. The van der Waals surface area contributed by atoms with Crippen molar-refractivity contribution >= 4 is 5.97 Å². The van der Waals surface area contributed by atoms with Crippen LogP contribution in [-0.2, 0) is 23.7 Å². The van der Waals surface area contributed by atoms with Crippen LogP contribution in [0.5, 0.6) is 0 Å². The number of carbonyl (C=O) groups is 1. The van der Waals surface area contributed by atoms with Gasteiger partial charge < -0.3 is 23.7 Å². The molecule has 2 aromatic carbocycles. The van der Waals surface area contributed by atoms with E-state index in [1.165, 1.54) is 13.2 Å². The maximum Gasteiger partial charge on any atom is 0.338 e. The van der Waals surface area contributed by atoms with Crippen LogP contribution in [0.4, 0.5) is 8.78 Å². The molecule has 1 unspecified atom stereocenters. The zero-order chi connectivity index (χ0) is 21.5. The number of ether oxygens (including phenoxy) is 5. The molecule has 160 valence electrons. The first kappa shape index (κ1) is 20.9. The molecule has 2 saturated heterocycles. The Labute approximate surface area is 172 Å². The summed E-state index contributed by atoms with van der Waals surface area (Å²) in [6, 6.07) is 11.7. The number of halogens is 2. The summed E-state index contributed by atoms with van der Waals surface area (Å²) >= 11 is 0. The highest BCUT2D eigenvalue weighted by Gasteiger charge is 2.58. The minimum atomic E-state index is -1.09. The fourth-order valence-corrected chi connectivity index (χ4v) is 3.80. The molecule has 8 heteroatoms. The molecule has 0 saturated carbocycles. The molecule has 0 spiro atoms. The van der Waals surface area contributed by atoms with E-state index in [1.807, 2.05) is 0 Å². The Kier molecular flexibility index (Phi) is 5.59. The summed E-state index contributed by atoms with van der Waals surface area (Å²) in [6.07, 6.45) is -3.94. The van der Waals surface area contributed by atoms with Gasteiger partial charge in [0.2, 0.25) is 0 Å². The lowest BCUT2D eigenvalue weighted by Crippen LogP contribution is -2.36. The van der Waals surface area contributed by atoms with E-state index in [1.54, 1.807) is 44.2 Å². The van der Waals surface area contributed by atoms with Gasteiger partial charge in [-0.05, 0) is 43.7 Å². The van der Waals surface area contributed by atoms with Crippen molar-refractivity contribution in [1.82, 2.24) is 0 Å². The minimum absolute atomic E-state index is 0.229. The van der Waals surface area contributed by atoms with E-state index in [0.29, 0.717) is 5.56 Å². The number of hydrogen-bond acceptors (Lipinski definition) is 6. The summed E-state index contributed by atoms with van der Waals surface area (Å²) in [6.45, 7) is 3.50. The number of esters is 1. The van der Waals surface area contributed by atoms with Crippen LogP contribution in [0.15, 0.2) is 48.5 Å². The lowest BCUT2D eigenvalue weighted by atomic mass is 9.98. The molecule has 0 radical (unpaired) electrons. The highest BCUT2D eigenvalue weighted by Crippen LogP contribution is 2.44. The topological polar surface area (TPSA) is 63.2 Å². The quantitative estimate of drug-likeness (QED) is 0.687.